The summed E-state index contributed by atoms with van der Waals surface area (Å²) in [5.74, 6) is 0. The van der Waals surface area contributed by atoms with Crippen molar-refractivity contribution in [2.75, 3.05) is 10.6 Å². The Morgan fingerprint density at radius 2 is 1.94 bits per heavy atom. The van der Waals surface area contributed by atoms with Gasteiger partial charge in [0.2, 0.25) is 0 Å². The number of amides is 2. The molecule has 2 N–H and O–H groups in total. The smallest absolute Gasteiger partial charge is 0.308 e. The maximum absolute atomic E-state index is 11.6. The first-order chi connectivity index (χ1) is 8.28. The molecule has 5 nitrogen and oxygen atoms in total. The summed E-state index contributed by atoms with van der Waals surface area (Å²) in [4.78, 5) is 11.6. The molecule has 0 aliphatic carbocycles. The molecule has 0 aliphatic heterocycles. The fourth-order valence-corrected chi connectivity index (χ4v) is 1.42. The van der Waals surface area contributed by atoms with Gasteiger partial charge in [-0.05, 0) is 19.1 Å². The molecule has 1 aromatic carbocycles. The Morgan fingerprint density at radius 1 is 1.24 bits per heavy atom. The molecule has 2 rings (SSSR count). The molecule has 0 bridgehead atoms. The summed E-state index contributed by atoms with van der Waals surface area (Å²) in [5.41, 5.74) is 1.44. The van der Waals surface area contributed by atoms with Gasteiger partial charge in [-0.2, -0.15) is 5.10 Å². The molecule has 1 aromatic heterocycles. The molecular formula is C12H14N4O. The number of carbonyl (C=O) groups excluding carboxylic acids is 1. The Balaban J connectivity index is 1.93. The van der Waals surface area contributed by atoms with Crippen LogP contribution < -0.4 is 10.6 Å². The molecule has 2 amide bonds. The lowest BCUT2D eigenvalue weighted by Crippen LogP contribution is -2.18. The summed E-state index contributed by atoms with van der Waals surface area (Å²) >= 11 is 0. The molecule has 2 aromatic rings. The first-order valence-corrected chi connectivity index (χ1v) is 5.43. The summed E-state index contributed by atoms with van der Waals surface area (Å²) in [5, 5.41) is 9.51. The van der Waals surface area contributed by atoms with Crippen LogP contribution in [0.1, 0.15) is 6.92 Å². The molecule has 1 heterocycles. The molecule has 0 atom stereocenters. The predicted molar refractivity (Wildman–Crippen MR) is 67.0 cm³/mol. The lowest BCUT2D eigenvalue weighted by Gasteiger charge is -2.05. The van der Waals surface area contributed by atoms with Crippen molar-refractivity contribution >= 4 is 17.4 Å². The van der Waals surface area contributed by atoms with Crippen molar-refractivity contribution in [2.45, 2.75) is 13.5 Å². The van der Waals surface area contributed by atoms with Gasteiger partial charge in [-0.1, -0.05) is 18.2 Å². The van der Waals surface area contributed by atoms with Crippen molar-refractivity contribution in [1.29, 1.82) is 0 Å². The zero-order valence-electron chi connectivity index (χ0n) is 9.55. The number of hydrogen-bond acceptors (Lipinski definition) is 2. The normalized spacial score (nSPS) is 9.94. The number of anilines is 2. The van der Waals surface area contributed by atoms with Crippen molar-refractivity contribution < 1.29 is 4.79 Å². The van der Waals surface area contributed by atoms with Crippen LogP contribution in [0, 0.1) is 0 Å². The number of nitrogens with zero attached hydrogens (tertiary/aromatic N) is 2. The Morgan fingerprint density at radius 3 is 2.59 bits per heavy atom. The molecule has 0 fully saturated rings. The summed E-state index contributed by atoms with van der Waals surface area (Å²) in [6, 6.07) is 9.01. The van der Waals surface area contributed by atoms with Crippen LogP contribution in [0.25, 0.3) is 0 Å². The van der Waals surface area contributed by atoms with E-state index in [4.69, 9.17) is 0 Å². The van der Waals surface area contributed by atoms with Crippen LogP contribution in [0.2, 0.25) is 0 Å². The molecule has 0 spiro atoms. The molecule has 0 saturated heterocycles. The molecule has 5 heteroatoms. The second kappa shape index (κ2) is 5.16. The lowest BCUT2D eigenvalue weighted by atomic mass is 10.3. The Labute approximate surface area is 99.5 Å². The number of rotatable bonds is 3. The van der Waals surface area contributed by atoms with Crippen LogP contribution in [0.15, 0.2) is 42.7 Å². The zero-order valence-corrected chi connectivity index (χ0v) is 9.55. The first kappa shape index (κ1) is 11.2. The van der Waals surface area contributed by atoms with Gasteiger partial charge in [-0.3, -0.25) is 4.68 Å². The van der Waals surface area contributed by atoms with E-state index in [0.717, 1.165) is 12.2 Å². The number of urea groups is 1. The van der Waals surface area contributed by atoms with Crippen molar-refractivity contribution in [1.82, 2.24) is 9.78 Å². The molecule has 0 radical (unpaired) electrons. The summed E-state index contributed by atoms with van der Waals surface area (Å²) in [7, 11) is 0. The number of benzene rings is 1. The van der Waals surface area contributed by atoms with Gasteiger partial charge in [0.05, 0.1) is 11.9 Å². The quantitative estimate of drug-likeness (QED) is 0.851. The Kier molecular flexibility index (Phi) is 3.40. The maximum Gasteiger partial charge on any atom is 0.323 e. The van der Waals surface area contributed by atoms with E-state index in [1.807, 2.05) is 37.3 Å². The van der Waals surface area contributed by atoms with Gasteiger partial charge in [0.1, 0.15) is 0 Å². The minimum absolute atomic E-state index is 0.271. The van der Waals surface area contributed by atoms with Crippen molar-refractivity contribution in [3.63, 3.8) is 0 Å². The largest absolute Gasteiger partial charge is 0.323 e. The highest BCUT2D eigenvalue weighted by molar-refractivity contribution is 5.99. The van der Waals surface area contributed by atoms with Crippen LogP contribution in [-0.2, 0) is 6.54 Å². The van der Waals surface area contributed by atoms with Gasteiger partial charge < -0.3 is 10.6 Å². The number of para-hydroxylation sites is 1. The van der Waals surface area contributed by atoms with E-state index < -0.39 is 0 Å². The van der Waals surface area contributed by atoms with E-state index in [0.29, 0.717) is 5.69 Å². The summed E-state index contributed by atoms with van der Waals surface area (Å²) in [6.45, 7) is 2.77. The second-order valence-electron chi connectivity index (χ2n) is 3.53. The molecule has 17 heavy (non-hydrogen) atoms. The number of aromatic nitrogens is 2. The van der Waals surface area contributed by atoms with E-state index in [2.05, 4.69) is 15.7 Å². The first-order valence-electron chi connectivity index (χ1n) is 5.43. The van der Waals surface area contributed by atoms with Crippen molar-refractivity contribution in [2.24, 2.45) is 0 Å². The zero-order chi connectivity index (χ0) is 12.1. The topological polar surface area (TPSA) is 59.0 Å². The second-order valence-corrected chi connectivity index (χ2v) is 3.53. The molecule has 0 unspecified atom stereocenters. The number of hydrogen-bond donors (Lipinski definition) is 2. The summed E-state index contributed by atoms with van der Waals surface area (Å²) < 4.78 is 1.75. The van der Waals surface area contributed by atoms with Gasteiger partial charge in [0.25, 0.3) is 0 Å². The summed E-state index contributed by atoms with van der Waals surface area (Å²) in [6.07, 6.45) is 3.40. The third-order valence-corrected chi connectivity index (χ3v) is 2.25. The van der Waals surface area contributed by atoms with Crippen LogP contribution in [0.5, 0.6) is 0 Å². The average molecular weight is 230 g/mol. The number of aryl methyl sites for hydroxylation is 1. The number of nitrogens with one attached hydrogen (secondary N) is 2. The maximum atomic E-state index is 11.6. The predicted octanol–water partition coefficient (Wildman–Crippen LogP) is 2.55. The fraction of sp³-hybridized carbons (Fsp3) is 0.167. The number of carbonyl (C=O) groups is 1. The van der Waals surface area contributed by atoms with E-state index >= 15 is 0 Å². The van der Waals surface area contributed by atoms with E-state index in [-0.39, 0.29) is 6.03 Å². The minimum atomic E-state index is -0.271. The highest BCUT2D eigenvalue weighted by Crippen LogP contribution is 2.08. The van der Waals surface area contributed by atoms with Crippen LogP contribution in [0.4, 0.5) is 16.2 Å². The highest BCUT2D eigenvalue weighted by Gasteiger charge is 2.03. The van der Waals surface area contributed by atoms with Gasteiger partial charge in [-0.15, -0.1) is 0 Å². The molecule has 88 valence electrons. The molecule has 0 saturated carbocycles. The van der Waals surface area contributed by atoms with E-state index in [9.17, 15) is 4.79 Å². The van der Waals surface area contributed by atoms with Crippen LogP contribution in [-0.4, -0.2) is 15.8 Å². The van der Waals surface area contributed by atoms with Crippen LogP contribution in [0.3, 0.4) is 0 Å². The highest BCUT2D eigenvalue weighted by atomic mass is 16.2. The minimum Gasteiger partial charge on any atom is -0.308 e. The van der Waals surface area contributed by atoms with Gasteiger partial charge in [0, 0.05) is 18.4 Å². The van der Waals surface area contributed by atoms with Crippen LogP contribution >= 0.6 is 0 Å². The van der Waals surface area contributed by atoms with Gasteiger partial charge >= 0.3 is 6.03 Å². The van der Waals surface area contributed by atoms with Gasteiger partial charge in [-0.25, -0.2) is 4.79 Å². The Bertz CT molecular complexity index is 492. The fourth-order valence-electron chi connectivity index (χ4n) is 1.42. The van der Waals surface area contributed by atoms with E-state index in [1.54, 1.807) is 17.1 Å². The van der Waals surface area contributed by atoms with Crippen molar-refractivity contribution in [3.05, 3.63) is 42.7 Å². The SMILES string of the molecule is CCn1cc(NC(=O)Nc2ccccc2)cn1. The molecule has 0 aliphatic rings. The standard InChI is InChI=1S/C12H14N4O/c1-2-16-9-11(8-13-16)15-12(17)14-10-6-4-3-5-7-10/h3-9H,2H2,1H3,(H2,14,15,17). The molecular weight excluding hydrogens is 216 g/mol. The van der Waals surface area contributed by atoms with Crippen molar-refractivity contribution in [3.8, 4) is 0 Å². The lowest BCUT2D eigenvalue weighted by molar-refractivity contribution is 0.262. The van der Waals surface area contributed by atoms with Gasteiger partial charge in [0.15, 0.2) is 0 Å². The monoisotopic (exact) mass is 230 g/mol. The third kappa shape index (κ3) is 3.07. The average Bonchev–Trinajstić information content (AvgIpc) is 2.78. The third-order valence-electron chi connectivity index (χ3n) is 2.25. The van der Waals surface area contributed by atoms with E-state index in [1.165, 1.54) is 0 Å². The Hall–Kier alpha value is -2.30.